The van der Waals surface area contributed by atoms with Crippen LogP contribution in [0.2, 0.25) is 0 Å². The van der Waals surface area contributed by atoms with E-state index in [-0.39, 0.29) is 17.9 Å². The molecule has 0 amide bonds. The molecule has 18 heavy (non-hydrogen) atoms. The van der Waals surface area contributed by atoms with Gasteiger partial charge in [-0.15, -0.1) is 0 Å². The van der Waals surface area contributed by atoms with E-state index >= 15 is 0 Å². The van der Waals surface area contributed by atoms with Crippen LogP contribution in [0.5, 0.6) is 0 Å². The molecule has 3 atom stereocenters. The van der Waals surface area contributed by atoms with E-state index in [4.69, 9.17) is 4.74 Å². The van der Waals surface area contributed by atoms with Gasteiger partial charge in [-0.2, -0.15) is 0 Å². The number of ether oxygens (including phenoxy) is 1. The molecule has 0 saturated carbocycles. The van der Waals surface area contributed by atoms with Crippen molar-refractivity contribution in [3.05, 3.63) is 0 Å². The van der Waals surface area contributed by atoms with Crippen LogP contribution >= 0.6 is 0 Å². The van der Waals surface area contributed by atoms with E-state index in [1.165, 1.54) is 39.2 Å². The molecule has 1 heterocycles. The standard InChI is InChI=1S/C15H29NO2/c1-5-7-14-8-6-10-16(11-9-14)13(3)12(2)15(17)18-4/h12-14H,5-11H2,1-4H3. The lowest BCUT2D eigenvalue weighted by Gasteiger charge is -2.30. The molecule has 1 saturated heterocycles. The van der Waals surface area contributed by atoms with Gasteiger partial charge in [-0.3, -0.25) is 9.69 Å². The van der Waals surface area contributed by atoms with E-state index in [2.05, 4.69) is 18.7 Å². The summed E-state index contributed by atoms with van der Waals surface area (Å²) in [6.07, 6.45) is 6.55. The van der Waals surface area contributed by atoms with E-state index in [0.717, 1.165) is 19.0 Å². The van der Waals surface area contributed by atoms with E-state index < -0.39 is 0 Å². The van der Waals surface area contributed by atoms with Crippen LogP contribution in [0.15, 0.2) is 0 Å². The lowest BCUT2D eigenvalue weighted by Crippen LogP contribution is -2.41. The summed E-state index contributed by atoms with van der Waals surface area (Å²) < 4.78 is 4.85. The molecule has 3 nitrogen and oxygen atoms in total. The van der Waals surface area contributed by atoms with Gasteiger partial charge in [0.2, 0.25) is 0 Å². The highest BCUT2D eigenvalue weighted by Gasteiger charge is 2.27. The average molecular weight is 255 g/mol. The van der Waals surface area contributed by atoms with Crippen molar-refractivity contribution in [2.75, 3.05) is 20.2 Å². The minimum absolute atomic E-state index is 0.0299. The van der Waals surface area contributed by atoms with Crippen molar-refractivity contribution in [2.24, 2.45) is 11.8 Å². The summed E-state index contributed by atoms with van der Waals surface area (Å²) in [5, 5.41) is 0. The second-order valence-electron chi connectivity index (χ2n) is 5.67. The molecule has 0 bridgehead atoms. The second kappa shape index (κ2) is 7.78. The number of rotatable bonds is 5. The summed E-state index contributed by atoms with van der Waals surface area (Å²) in [6, 6.07) is 0.290. The first kappa shape index (κ1) is 15.5. The number of hydrogen-bond donors (Lipinski definition) is 0. The van der Waals surface area contributed by atoms with Gasteiger partial charge in [0.05, 0.1) is 13.0 Å². The van der Waals surface area contributed by atoms with Gasteiger partial charge in [-0.05, 0) is 45.2 Å². The van der Waals surface area contributed by atoms with E-state index in [1.54, 1.807) is 0 Å². The van der Waals surface area contributed by atoms with Crippen molar-refractivity contribution in [1.82, 2.24) is 4.90 Å². The highest BCUT2D eigenvalue weighted by molar-refractivity contribution is 5.72. The molecule has 1 fully saturated rings. The summed E-state index contributed by atoms with van der Waals surface area (Å²) in [5.74, 6) is 0.773. The first-order chi connectivity index (χ1) is 8.60. The zero-order chi connectivity index (χ0) is 13.5. The highest BCUT2D eigenvalue weighted by Crippen LogP contribution is 2.24. The largest absolute Gasteiger partial charge is 0.469 e. The molecule has 0 aliphatic carbocycles. The summed E-state index contributed by atoms with van der Waals surface area (Å²) in [7, 11) is 1.48. The van der Waals surface area contributed by atoms with Crippen LogP contribution < -0.4 is 0 Å². The average Bonchev–Trinajstić information content (AvgIpc) is 2.62. The summed E-state index contributed by atoms with van der Waals surface area (Å²) in [4.78, 5) is 14.1. The Bertz CT molecular complexity index is 255. The molecule has 0 radical (unpaired) electrons. The van der Waals surface area contributed by atoms with Crippen LogP contribution in [0.3, 0.4) is 0 Å². The van der Waals surface area contributed by atoms with Gasteiger partial charge in [-0.25, -0.2) is 0 Å². The molecule has 3 heteroatoms. The second-order valence-corrected chi connectivity index (χ2v) is 5.67. The molecule has 0 aromatic rings. The molecule has 1 rings (SSSR count). The molecule has 1 aliphatic heterocycles. The third-order valence-corrected chi connectivity index (χ3v) is 4.45. The van der Waals surface area contributed by atoms with Gasteiger partial charge < -0.3 is 4.74 Å². The lowest BCUT2D eigenvalue weighted by molar-refractivity contribution is -0.147. The number of hydrogen-bond acceptors (Lipinski definition) is 3. The normalized spacial score (nSPS) is 25.2. The van der Waals surface area contributed by atoms with Crippen molar-refractivity contribution in [3.8, 4) is 0 Å². The Hall–Kier alpha value is -0.570. The molecule has 3 unspecified atom stereocenters. The molecule has 0 N–H and O–H groups in total. The molecular formula is C15H29NO2. The molecule has 106 valence electrons. The molecule has 0 aromatic carbocycles. The quantitative estimate of drug-likeness (QED) is 0.707. The summed E-state index contributed by atoms with van der Waals surface area (Å²) in [6.45, 7) is 8.66. The fourth-order valence-electron chi connectivity index (χ4n) is 2.99. The first-order valence-electron chi connectivity index (χ1n) is 7.42. The van der Waals surface area contributed by atoms with Crippen LogP contribution in [0.25, 0.3) is 0 Å². The Balaban J connectivity index is 2.49. The molecular weight excluding hydrogens is 226 g/mol. The number of carbonyl (C=O) groups excluding carboxylic acids is 1. The zero-order valence-corrected chi connectivity index (χ0v) is 12.4. The smallest absolute Gasteiger partial charge is 0.309 e. The predicted molar refractivity (Wildman–Crippen MR) is 74.5 cm³/mol. The topological polar surface area (TPSA) is 29.5 Å². The summed E-state index contributed by atoms with van der Waals surface area (Å²) in [5.41, 5.74) is 0. The molecule has 0 aromatic heterocycles. The number of carbonyl (C=O) groups is 1. The fraction of sp³-hybridized carbons (Fsp3) is 0.933. The Morgan fingerprint density at radius 2 is 2.06 bits per heavy atom. The van der Waals surface area contributed by atoms with Crippen molar-refractivity contribution >= 4 is 5.97 Å². The minimum atomic E-state index is -0.0862. The Morgan fingerprint density at radius 1 is 1.33 bits per heavy atom. The highest BCUT2D eigenvalue weighted by atomic mass is 16.5. The summed E-state index contributed by atoms with van der Waals surface area (Å²) >= 11 is 0. The maximum absolute atomic E-state index is 11.6. The number of nitrogens with zero attached hydrogens (tertiary/aromatic N) is 1. The Labute approximate surface area is 112 Å². The monoisotopic (exact) mass is 255 g/mol. The van der Waals surface area contributed by atoms with Gasteiger partial charge in [0.25, 0.3) is 0 Å². The fourth-order valence-corrected chi connectivity index (χ4v) is 2.99. The SMILES string of the molecule is CCCC1CCCN(C(C)C(C)C(=O)OC)CC1. The zero-order valence-electron chi connectivity index (χ0n) is 12.4. The van der Waals surface area contributed by atoms with Gasteiger partial charge in [0.1, 0.15) is 0 Å². The Kier molecular flexibility index (Phi) is 6.69. The van der Waals surface area contributed by atoms with Gasteiger partial charge >= 0.3 is 5.97 Å². The van der Waals surface area contributed by atoms with E-state index in [9.17, 15) is 4.79 Å². The van der Waals surface area contributed by atoms with E-state index in [1.807, 2.05) is 6.92 Å². The van der Waals surface area contributed by atoms with Crippen molar-refractivity contribution < 1.29 is 9.53 Å². The maximum atomic E-state index is 11.6. The number of methoxy groups -OCH3 is 1. The molecule has 1 aliphatic rings. The third-order valence-electron chi connectivity index (χ3n) is 4.45. The maximum Gasteiger partial charge on any atom is 0.309 e. The van der Waals surface area contributed by atoms with E-state index in [0.29, 0.717) is 0 Å². The number of esters is 1. The van der Waals surface area contributed by atoms with Gasteiger partial charge in [-0.1, -0.05) is 26.7 Å². The van der Waals surface area contributed by atoms with Crippen molar-refractivity contribution in [1.29, 1.82) is 0 Å². The minimum Gasteiger partial charge on any atom is -0.469 e. The third kappa shape index (κ3) is 4.27. The van der Waals surface area contributed by atoms with Crippen LogP contribution in [-0.4, -0.2) is 37.1 Å². The van der Waals surface area contributed by atoms with Crippen LogP contribution in [0.4, 0.5) is 0 Å². The molecule has 0 spiro atoms. The predicted octanol–water partition coefficient (Wildman–Crippen LogP) is 3.09. The lowest BCUT2D eigenvalue weighted by atomic mass is 9.96. The van der Waals surface area contributed by atoms with Crippen molar-refractivity contribution in [2.45, 2.75) is 58.9 Å². The van der Waals surface area contributed by atoms with Crippen LogP contribution in [0.1, 0.15) is 52.9 Å². The first-order valence-corrected chi connectivity index (χ1v) is 7.42. The van der Waals surface area contributed by atoms with Gasteiger partial charge in [0, 0.05) is 6.04 Å². The van der Waals surface area contributed by atoms with Crippen molar-refractivity contribution in [3.63, 3.8) is 0 Å². The number of likely N-dealkylation sites (tertiary alicyclic amines) is 1. The van der Waals surface area contributed by atoms with Crippen LogP contribution in [0, 0.1) is 11.8 Å². The van der Waals surface area contributed by atoms with Gasteiger partial charge in [0.15, 0.2) is 0 Å². The Morgan fingerprint density at radius 3 is 2.67 bits per heavy atom. The van der Waals surface area contributed by atoms with Crippen LogP contribution in [-0.2, 0) is 9.53 Å².